The fourth-order valence-corrected chi connectivity index (χ4v) is 8.50. The highest BCUT2D eigenvalue weighted by molar-refractivity contribution is 7.56. The van der Waals surface area contributed by atoms with Crippen molar-refractivity contribution < 1.29 is 0 Å². The van der Waals surface area contributed by atoms with Crippen LogP contribution < -0.4 is 21.2 Å². The third-order valence-electron chi connectivity index (χ3n) is 7.59. The number of aryl methyl sites for hydroxylation is 6. The van der Waals surface area contributed by atoms with Crippen molar-refractivity contribution in [3.8, 4) is 11.1 Å². The van der Waals surface area contributed by atoms with Crippen LogP contribution in [0, 0.1) is 69.2 Å². The van der Waals surface area contributed by atoms with Gasteiger partial charge in [0.2, 0.25) is 0 Å². The Morgan fingerprint density at radius 1 is 0.361 bits per heavy atom. The molecule has 0 bridgehead atoms. The molecular weight excluding hydrogens is 470 g/mol. The summed E-state index contributed by atoms with van der Waals surface area (Å²) in [5.74, 6) is 0. The second-order valence-corrected chi connectivity index (χ2v) is 13.4. The predicted octanol–water partition coefficient (Wildman–Crippen LogP) is 7.70. The average molecular weight is 511 g/mol. The number of rotatable bonds is 5. The monoisotopic (exact) mass is 510 g/mol. The van der Waals surface area contributed by atoms with Crippen LogP contribution in [0.15, 0.2) is 48.5 Å². The highest BCUT2D eigenvalue weighted by Gasteiger charge is 2.19. The molecule has 0 aliphatic rings. The SMILES string of the molecule is Cc1cc(C)cc(Pc2c(-c3cc(C)c(C)c(C)c3Pc3cc(C)cc(C)c3)cc(C)c(C)c2C)c1. The lowest BCUT2D eigenvalue weighted by Crippen LogP contribution is -2.19. The van der Waals surface area contributed by atoms with Gasteiger partial charge in [-0.3, -0.25) is 0 Å². The van der Waals surface area contributed by atoms with Crippen molar-refractivity contribution in [3.05, 3.63) is 104 Å². The Morgan fingerprint density at radius 3 is 0.972 bits per heavy atom. The number of hydrogen-bond donors (Lipinski definition) is 0. The van der Waals surface area contributed by atoms with Crippen LogP contribution in [0.4, 0.5) is 0 Å². The lowest BCUT2D eigenvalue weighted by atomic mass is 9.92. The zero-order valence-electron chi connectivity index (χ0n) is 23.6. The van der Waals surface area contributed by atoms with E-state index in [9.17, 15) is 0 Å². The summed E-state index contributed by atoms with van der Waals surface area (Å²) in [6.07, 6.45) is 0. The number of hydrogen-bond acceptors (Lipinski definition) is 0. The molecule has 2 heteroatoms. The minimum atomic E-state index is 0.640. The lowest BCUT2D eigenvalue weighted by molar-refractivity contribution is 1.27. The minimum Gasteiger partial charge on any atom is -0.0581 e. The molecule has 0 saturated heterocycles. The molecule has 36 heavy (non-hydrogen) atoms. The third-order valence-corrected chi connectivity index (χ3v) is 10.5. The highest BCUT2D eigenvalue weighted by atomic mass is 31.1. The maximum absolute atomic E-state index is 2.46. The van der Waals surface area contributed by atoms with Gasteiger partial charge in [0.1, 0.15) is 0 Å². The molecular formula is C34H40P2. The van der Waals surface area contributed by atoms with Crippen LogP contribution in [0.1, 0.15) is 55.6 Å². The molecule has 0 aliphatic heterocycles. The van der Waals surface area contributed by atoms with Gasteiger partial charge >= 0.3 is 0 Å². The Labute approximate surface area is 222 Å². The lowest BCUT2D eigenvalue weighted by Gasteiger charge is -2.23. The summed E-state index contributed by atoms with van der Waals surface area (Å²) in [7, 11) is 1.28. The molecule has 0 N–H and O–H groups in total. The van der Waals surface area contributed by atoms with E-state index in [2.05, 4.69) is 118 Å². The van der Waals surface area contributed by atoms with Gasteiger partial charge in [-0.25, -0.2) is 0 Å². The fourth-order valence-electron chi connectivity index (χ4n) is 5.29. The van der Waals surface area contributed by atoms with Crippen LogP contribution in [0.5, 0.6) is 0 Å². The first-order chi connectivity index (χ1) is 16.9. The van der Waals surface area contributed by atoms with E-state index in [-0.39, 0.29) is 0 Å². The van der Waals surface area contributed by atoms with Crippen LogP contribution in [0.2, 0.25) is 0 Å². The summed E-state index contributed by atoms with van der Waals surface area (Å²) in [5, 5.41) is 5.85. The molecule has 186 valence electrons. The van der Waals surface area contributed by atoms with Gasteiger partial charge in [-0.15, -0.1) is 0 Å². The molecule has 2 unspecified atom stereocenters. The topological polar surface area (TPSA) is 0 Å². The molecule has 0 heterocycles. The van der Waals surface area contributed by atoms with E-state index in [4.69, 9.17) is 0 Å². The van der Waals surface area contributed by atoms with Crippen LogP contribution in [0.3, 0.4) is 0 Å². The summed E-state index contributed by atoms with van der Waals surface area (Å²) < 4.78 is 0. The predicted molar refractivity (Wildman–Crippen MR) is 167 cm³/mol. The Balaban J connectivity index is 1.97. The summed E-state index contributed by atoms with van der Waals surface area (Å²) in [4.78, 5) is 0. The molecule has 0 nitrogen and oxygen atoms in total. The molecule has 0 spiro atoms. The van der Waals surface area contributed by atoms with E-state index >= 15 is 0 Å². The molecule has 4 rings (SSSR count). The summed E-state index contributed by atoms with van der Waals surface area (Å²) in [6.45, 7) is 22.6. The zero-order chi connectivity index (χ0) is 26.3. The zero-order valence-corrected chi connectivity index (χ0v) is 25.6. The quantitative estimate of drug-likeness (QED) is 0.241. The molecule has 0 aliphatic carbocycles. The Hall–Kier alpha value is -2.26. The van der Waals surface area contributed by atoms with Crippen LogP contribution >= 0.6 is 17.2 Å². The molecule has 2 atom stereocenters. The van der Waals surface area contributed by atoms with Crippen LogP contribution in [-0.2, 0) is 0 Å². The normalized spacial score (nSPS) is 11.9. The van der Waals surface area contributed by atoms with Crippen LogP contribution in [-0.4, -0.2) is 0 Å². The van der Waals surface area contributed by atoms with Gasteiger partial charge in [-0.05, 0) is 135 Å². The van der Waals surface area contributed by atoms with E-state index in [1.165, 1.54) is 88.0 Å². The van der Waals surface area contributed by atoms with Gasteiger partial charge in [-0.2, -0.15) is 0 Å². The highest BCUT2D eigenvalue weighted by Crippen LogP contribution is 2.34. The Kier molecular flexibility index (Phi) is 7.90. The first-order valence-electron chi connectivity index (χ1n) is 12.9. The minimum absolute atomic E-state index is 0.640. The molecule has 0 amide bonds. The Morgan fingerprint density at radius 2 is 0.667 bits per heavy atom. The van der Waals surface area contributed by atoms with Gasteiger partial charge in [-0.1, -0.05) is 87.9 Å². The molecule has 0 fully saturated rings. The maximum atomic E-state index is 2.46. The van der Waals surface area contributed by atoms with Crippen molar-refractivity contribution in [1.29, 1.82) is 0 Å². The van der Waals surface area contributed by atoms with Crippen molar-refractivity contribution in [2.45, 2.75) is 69.2 Å². The first-order valence-corrected chi connectivity index (χ1v) is 14.9. The van der Waals surface area contributed by atoms with Crippen molar-refractivity contribution in [3.63, 3.8) is 0 Å². The van der Waals surface area contributed by atoms with Crippen molar-refractivity contribution in [2.75, 3.05) is 0 Å². The average Bonchev–Trinajstić information content (AvgIpc) is 2.78. The third kappa shape index (κ3) is 5.52. The van der Waals surface area contributed by atoms with Gasteiger partial charge in [0, 0.05) is 0 Å². The molecule has 4 aromatic rings. The van der Waals surface area contributed by atoms with E-state index < -0.39 is 0 Å². The molecule has 4 aromatic carbocycles. The van der Waals surface area contributed by atoms with E-state index in [0.29, 0.717) is 17.2 Å². The molecule has 0 aromatic heterocycles. The summed E-state index contributed by atoms with van der Waals surface area (Å²) in [6, 6.07) is 19.0. The first kappa shape index (κ1) is 26.8. The standard InChI is InChI=1S/C34H40P2/c1-19-11-20(2)14-29(13-19)35-33-27(9)25(7)23(5)17-31(33)32-18-24(6)26(8)28(10)34(32)36-30-15-21(3)12-22(4)16-30/h11-18,35-36H,1-10H3. The van der Waals surface area contributed by atoms with Gasteiger partial charge in [0.05, 0.1) is 0 Å². The van der Waals surface area contributed by atoms with Gasteiger partial charge < -0.3 is 0 Å². The number of benzene rings is 4. The van der Waals surface area contributed by atoms with Crippen LogP contribution in [0.25, 0.3) is 11.1 Å². The van der Waals surface area contributed by atoms with E-state index in [1.54, 1.807) is 0 Å². The summed E-state index contributed by atoms with van der Waals surface area (Å²) >= 11 is 0. The molecule has 0 radical (unpaired) electrons. The van der Waals surface area contributed by atoms with Crippen molar-refractivity contribution >= 4 is 38.4 Å². The van der Waals surface area contributed by atoms with Crippen molar-refractivity contribution in [2.24, 2.45) is 0 Å². The second kappa shape index (κ2) is 10.6. The van der Waals surface area contributed by atoms with E-state index in [0.717, 1.165) is 0 Å². The fraction of sp³-hybridized carbons (Fsp3) is 0.294. The van der Waals surface area contributed by atoms with Gasteiger partial charge in [0.25, 0.3) is 0 Å². The molecule has 0 saturated carbocycles. The summed E-state index contributed by atoms with van der Waals surface area (Å²) in [5.41, 5.74) is 16.7. The second-order valence-electron chi connectivity index (χ2n) is 10.7. The smallest absolute Gasteiger partial charge is 0.00942 e. The van der Waals surface area contributed by atoms with Gasteiger partial charge in [0.15, 0.2) is 0 Å². The Bertz CT molecular complexity index is 1320. The maximum Gasteiger partial charge on any atom is -0.00942 e. The van der Waals surface area contributed by atoms with Crippen molar-refractivity contribution in [1.82, 2.24) is 0 Å². The van der Waals surface area contributed by atoms with E-state index in [1.807, 2.05) is 0 Å². The largest absolute Gasteiger partial charge is 0.0581 e.